The van der Waals surface area contributed by atoms with E-state index in [1.54, 1.807) is 24.3 Å². The molecule has 136 valence electrons. The molecule has 0 aliphatic carbocycles. The molecule has 0 saturated heterocycles. The monoisotopic (exact) mass is 352 g/mol. The Kier molecular flexibility index (Phi) is 4.98. The van der Waals surface area contributed by atoms with E-state index in [9.17, 15) is 9.59 Å². The Hall–Kier alpha value is -2.82. The summed E-state index contributed by atoms with van der Waals surface area (Å²) in [4.78, 5) is 23.5. The first-order valence-electron chi connectivity index (χ1n) is 8.79. The van der Waals surface area contributed by atoms with Crippen LogP contribution in [0.1, 0.15) is 38.3 Å². The predicted molar refractivity (Wildman–Crippen MR) is 103 cm³/mol. The standard InChI is InChI=1S/C21H24N2O3/c1-14(24)22-17-5-4-6-18(13-17)23-20(25)12-15-7-8-19-16(11-15)9-10-21(2,3)26-19/h4-8,11,13H,9-10,12H2,1-3H3,(H,22,24)(H,23,25). The van der Waals surface area contributed by atoms with Crippen LogP contribution in [0.3, 0.4) is 0 Å². The molecule has 5 nitrogen and oxygen atoms in total. The van der Waals surface area contributed by atoms with E-state index >= 15 is 0 Å². The molecule has 1 heterocycles. The second kappa shape index (κ2) is 7.20. The number of hydrogen-bond donors (Lipinski definition) is 2. The molecule has 2 aromatic carbocycles. The van der Waals surface area contributed by atoms with E-state index in [1.807, 2.05) is 12.1 Å². The van der Waals surface area contributed by atoms with Crippen LogP contribution in [0, 0.1) is 0 Å². The van der Waals surface area contributed by atoms with Gasteiger partial charge in [-0.25, -0.2) is 0 Å². The minimum Gasteiger partial charge on any atom is -0.488 e. The van der Waals surface area contributed by atoms with Crippen LogP contribution in [0.25, 0.3) is 0 Å². The Bertz CT molecular complexity index is 843. The van der Waals surface area contributed by atoms with Crippen molar-refractivity contribution in [2.45, 2.75) is 45.6 Å². The fourth-order valence-electron chi connectivity index (χ4n) is 3.09. The first kappa shape index (κ1) is 18.0. The van der Waals surface area contributed by atoms with Crippen molar-refractivity contribution in [1.82, 2.24) is 0 Å². The van der Waals surface area contributed by atoms with Crippen LogP contribution in [0.5, 0.6) is 5.75 Å². The lowest BCUT2D eigenvalue weighted by Crippen LogP contribution is -2.32. The number of carbonyl (C=O) groups excluding carboxylic acids is 2. The van der Waals surface area contributed by atoms with Gasteiger partial charge in [0.2, 0.25) is 11.8 Å². The third kappa shape index (κ3) is 4.63. The van der Waals surface area contributed by atoms with Crippen molar-refractivity contribution in [1.29, 1.82) is 0 Å². The maximum atomic E-state index is 12.4. The Morgan fingerprint density at radius 1 is 1.08 bits per heavy atom. The zero-order valence-electron chi connectivity index (χ0n) is 15.4. The van der Waals surface area contributed by atoms with Crippen molar-refractivity contribution < 1.29 is 14.3 Å². The highest BCUT2D eigenvalue weighted by Crippen LogP contribution is 2.33. The van der Waals surface area contributed by atoms with Crippen LogP contribution in [-0.2, 0) is 22.4 Å². The first-order chi connectivity index (χ1) is 12.3. The van der Waals surface area contributed by atoms with E-state index in [1.165, 1.54) is 6.92 Å². The molecule has 0 unspecified atom stereocenters. The van der Waals surface area contributed by atoms with E-state index in [2.05, 4.69) is 30.5 Å². The van der Waals surface area contributed by atoms with Crippen molar-refractivity contribution in [2.75, 3.05) is 10.6 Å². The van der Waals surface area contributed by atoms with E-state index < -0.39 is 0 Å². The van der Waals surface area contributed by atoms with Gasteiger partial charge in [0.1, 0.15) is 11.4 Å². The smallest absolute Gasteiger partial charge is 0.228 e. The lowest BCUT2D eigenvalue weighted by Gasteiger charge is -2.32. The van der Waals surface area contributed by atoms with Gasteiger partial charge >= 0.3 is 0 Å². The van der Waals surface area contributed by atoms with Crippen LogP contribution >= 0.6 is 0 Å². The minimum absolute atomic E-state index is 0.0954. The molecule has 0 bridgehead atoms. The molecule has 1 aliphatic heterocycles. The second-order valence-electron chi connectivity index (χ2n) is 7.29. The molecule has 0 saturated carbocycles. The molecule has 2 amide bonds. The number of ether oxygens (including phenoxy) is 1. The Morgan fingerprint density at radius 2 is 1.81 bits per heavy atom. The molecule has 2 aromatic rings. The highest BCUT2D eigenvalue weighted by Gasteiger charge is 2.26. The van der Waals surface area contributed by atoms with Gasteiger partial charge < -0.3 is 15.4 Å². The number of carbonyl (C=O) groups is 2. The minimum atomic E-state index is -0.145. The summed E-state index contributed by atoms with van der Waals surface area (Å²) in [6, 6.07) is 13.1. The average molecular weight is 352 g/mol. The predicted octanol–water partition coefficient (Wildman–Crippen LogP) is 3.93. The zero-order chi connectivity index (χ0) is 18.7. The van der Waals surface area contributed by atoms with E-state index in [0.717, 1.165) is 29.7 Å². The first-order valence-corrected chi connectivity index (χ1v) is 8.79. The number of fused-ring (bicyclic) bond motifs is 1. The molecule has 1 aliphatic rings. The quantitative estimate of drug-likeness (QED) is 0.876. The summed E-state index contributed by atoms with van der Waals surface area (Å²) in [6.07, 6.45) is 2.21. The number of anilines is 2. The molecule has 0 fully saturated rings. The summed E-state index contributed by atoms with van der Waals surface area (Å²) in [5.74, 6) is 0.670. The van der Waals surface area contributed by atoms with Gasteiger partial charge in [0.25, 0.3) is 0 Å². The van der Waals surface area contributed by atoms with Gasteiger partial charge in [-0.2, -0.15) is 0 Å². The Morgan fingerprint density at radius 3 is 2.54 bits per heavy atom. The fourth-order valence-corrected chi connectivity index (χ4v) is 3.09. The van der Waals surface area contributed by atoms with Crippen LogP contribution in [0.2, 0.25) is 0 Å². The van der Waals surface area contributed by atoms with Crippen LogP contribution < -0.4 is 15.4 Å². The number of nitrogens with one attached hydrogen (secondary N) is 2. The highest BCUT2D eigenvalue weighted by atomic mass is 16.5. The summed E-state index contributed by atoms with van der Waals surface area (Å²) in [5, 5.41) is 5.58. The largest absolute Gasteiger partial charge is 0.488 e. The van der Waals surface area contributed by atoms with Crippen LogP contribution in [-0.4, -0.2) is 17.4 Å². The molecular formula is C21H24N2O3. The van der Waals surface area contributed by atoms with Crippen molar-refractivity contribution >= 4 is 23.2 Å². The third-order valence-corrected chi connectivity index (χ3v) is 4.34. The number of amides is 2. The molecule has 2 N–H and O–H groups in total. The van der Waals surface area contributed by atoms with Gasteiger partial charge in [0.05, 0.1) is 6.42 Å². The van der Waals surface area contributed by atoms with Crippen molar-refractivity contribution in [3.05, 3.63) is 53.6 Å². The summed E-state index contributed by atoms with van der Waals surface area (Å²) in [5.41, 5.74) is 3.29. The third-order valence-electron chi connectivity index (χ3n) is 4.34. The number of hydrogen-bond acceptors (Lipinski definition) is 3. The Balaban J connectivity index is 1.65. The maximum absolute atomic E-state index is 12.4. The summed E-state index contributed by atoms with van der Waals surface area (Å²) >= 11 is 0. The van der Waals surface area contributed by atoms with Crippen molar-refractivity contribution in [3.63, 3.8) is 0 Å². The Labute approximate surface area is 153 Å². The molecular weight excluding hydrogens is 328 g/mol. The summed E-state index contributed by atoms with van der Waals surface area (Å²) in [6.45, 7) is 5.63. The topological polar surface area (TPSA) is 67.4 Å². The lowest BCUT2D eigenvalue weighted by molar-refractivity contribution is -0.116. The molecule has 0 aromatic heterocycles. The van der Waals surface area contributed by atoms with Gasteiger partial charge in [-0.3, -0.25) is 9.59 Å². The number of aryl methyl sites for hydroxylation is 1. The number of rotatable bonds is 4. The van der Waals surface area contributed by atoms with Crippen LogP contribution in [0.15, 0.2) is 42.5 Å². The summed E-state index contributed by atoms with van der Waals surface area (Å²) in [7, 11) is 0. The number of benzene rings is 2. The summed E-state index contributed by atoms with van der Waals surface area (Å²) < 4.78 is 5.98. The van der Waals surface area contributed by atoms with Gasteiger partial charge in [0.15, 0.2) is 0 Å². The molecule has 0 atom stereocenters. The molecule has 3 rings (SSSR count). The second-order valence-corrected chi connectivity index (χ2v) is 7.29. The maximum Gasteiger partial charge on any atom is 0.228 e. The highest BCUT2D eigenvalue weighted by molar-refractivity contribution is 5.94. The normalized spacial score (nSPS) is 14.7. The molecule has 0 radical (unpaired) electrons. The van der Waals surface area contributed by atoms with Gasteiger partial charge in [0, 0.05) is 18.3 Å². The van der Waals surface area contributed by atoms with Crippen molar-refractivity contribution in [3.8, 4) is 5.75 Å². The van der Waals surface area contributed by atoms with Gasteiger partial charge in [-0.1, -0.05) is 18.2 Å². The van der Waals surface area contributed by atoms with Crippen LogP contribution in [0.4, 0.5) is 11.4 Å². The van der Waals surface area contributed by atoms with Crippen molar-refractivity contribution in [2.24, 2.45) is 0 Å². The molecule has 0 spiro atoms. The van der Waals surface area contributed by atoms with E-state index in [-0.39, 0.29) is 17.4 Å². The zero-order valence-corrected chi connectivity index (χ0v) is 15.4. The SMILES string of the molecule is CC(=O)Nc1cccc(NC(=O)Cc2ccc3c(c2)CCC(C)(C)O3)c1. The fraction of sp³-hybridized carbons (Fsp3) is 0.333. The molecule has 5 heteroatoms. The average Bonchev–Trinajstić information content (AvgIpc) is 2.54. The van der Waals surface area contributed by atoms with Gasteiger partial charge in [-0.05, 0) is 62.1 Å². The van der Waals surface area contributed by atoms with Gasteiger partial charge in [-0.15, -0.1) is 0 Å². The van der Waals surface area contributed by atoms with E-state index in [4.69, 9.17) is 4.74 Å². The van der Waals surface area contributed by atoms with E-state index in [0.29, 0.717) is 17.8 Å². The lowest BCUT2D eigenvalue weighted by atomic mass is 9.93. The molecule has 26 heavy (non-hydrogen) atoms.